The fraction of sp³-hybridized carbons (Fsp3) is 0.300. The smallest absolute Gasteiger partial charge is 0.191 e. The summed E-state index contributed by atoms with van der Waals surface area (Å²) in [6.45, 7) is 4.54. The molecule has 0 spiro atoms. The molecule has 2 aromatic carbocycles. The lowest BCUT2D eigenvalue weighted by Crippen LogP contribution is -2.43. The van der Waals surface area contributed by atoms with Crippen LogP contribution in [0.15, 0.2) is 53.5 Å². The molecule has 2 atom stereocenters. The van der Waals surface area contributed by atoms with E-state index in [4.69, 9.17) is 5.26 Å². The molecule has 4 nitrogen and oxygen atoms in total. The van der Waals surface area contributed by atoms with Crippen molar-refractivity contribution in [1.29, 1.82) is 5.26 Å². The zero-order chi connectivity index (χ0) is 18.2. The lowest BCUT2D eigenvalue weighted by Gasteiger charge is -2.24. The van der Waals surface area contributed by atoms with E-state index in [-0.39, 0.29) is 30.0 Å². The van der Waals surface area contributed by atoms with E-state index in [2.05, 4.69) is 41.6 Å². The van der Waals surface area contributed by atoms with Gasteiger partial charge in [-0.25, -0.2) is 4.39 Å². The summed E-state index contributed by atoms with van der Waals surface area (Å²) in [7, 11) is 1.68. The first-order valence-corrected chi connectivity index (χ1v) is 8.25. The fourth-order valence-corrected chi connectivity index (χ4v) is 2.52. The number of halogens is 2. The molecule has 0 aromatic heterocycles. The van der Waals surface area contributed by atoms with Crippen LogP contribution in [0, 0.1) is 17.1 Å². The number of aliphatic imine (C=N–C) groups is 1. The normalized spacial score (nSPS) is 13.1. The summed E-state index contributed by atoms with van der Waals surface area (Å²) in [5, 5.41) is 15.3. The molecule has 0 bridgehead atoms. The van der Waals surface area contributed by atoms with E-state index in [1.807, 2.05) is 24.3 Å². The molecule has 0 heterocycles. The van der Waals surface area contributed by atoms with Crippen molar-refractivity contribution in [3.63, 3.8) is 0 Å². The predicted molar refractivity (Wildman–Crippen MR) is 114 cm³/mol. The second kappa shape index (κ2) is 10.8. The number of rotatable bonds is 5. The zero-order valence-electron chi connectivity index (χ0n) is 15.2. The lowest BCUT2D eigenvalue weighted by atomic mass is 9.94. The van der Waals surface area contributed by atoms with Crippen molar-refractivity contribution in [2.45, 2.75) is 32.4 Å². The predicted octanol–water partition coefficient (Wildman–Crippen LogP) is 4.17. The Morgan fingerprint density at radius 3 is 2.46 bits per heavy atom. The highest BCUT2D eigenvalue weighted by molar-refractivity contribution is 14.0. The van der Waals surface area contributed by atoms with E-state index < -0.39 is 5.82 Å². The molecule has 0 saturated carbocycles. The Bertz CT molecular complexity index is 771. The number of hydrogen-bond acceptors (Lipinski definition) is 2. The van der Waals surface area contributed by atoms with Crippen LogP contribution >= 0.6 is 24.0 Å². The van der Waals surface area contributed by atoms with Crippen molar-refractivity contribution >= 4 is 29.9 Å². The van der Waals surface area contributed by atoms with E-state index in [1.54, 1.807) is 19.2 Å². The molecular weight excluding hydrogens is 442 g/mol. The van der Waals surface area contributed by atoms with Crippen LogP contribution in [0.2, 0.25) is 0 Å². The Kier molecular flexibility index (Phi) is 9.07. The fourth-order valence-electron chi connectivity index (χ4n) is 2.52. The second-order valence-electron chi connectivity index (χ2n) is 5.98. The van der Waals surface area contributed by atoms with Crippen LogP contribution in [0.25, 0.3) is 0 Å². The van der Waals surface area contributed by atoms with Gasteiger partial charge in [0, 0.05) is 31.1 Å². The van der Waals surface area contributed by atoms with E-state index in [0.717, 1.165) is 0 Å². The minimum absolute atomic E-state index is 0. The molecule has 2 unspecified atom stereocenters. The van der Waals surface area contributed by atoms with Gasteiger partial charge < -0.3 is 10.6 Å². The number of hydrogen-bond donors (Lipinski definition) is 2. The summed E-state index contributed by atoms with van der Waals surface area (Å²) in [4.78, 5) is 4.20. The van der Waals surface area contributed by atoms with E-state index >= 15 is 0 Å². The van der Waals surface area contributed by atoms with Crippen molar-refractivity contribution in [3.05, 3.63) is 71.0 Å². The maximum Gasteiger partial charge on any atom is 0.191 e. The summed E-state index contributed by atoms with van der Waals surface area (Å²) < 4.78 is 14.0. The first kappa shape index (κ1) is 21.9. The van der Waals surface area contributed by atoms with E-state index in [0.29, 0.717) is 29.5 Å². The molecule has 2 N–H and O–H groups in total. The van der Waals surface area contributed by atoms with Crippen LogP contribution in [0.3, 0.4) is 0 Å². The Labute approximate surface area is 171 Å². The molecule has 0 aliphatic rings. The minimum Gasteiger partial charge on any atom is -0.353 e. The van der Waals surface area contributed by atoms with Crippen molar-refractivity contribution in [3.8, 4) is 6.07 Å². The monoisotopic (exact) mass is 466 g/mol. The van der Waals surface area contributed by atoms with Crippen molar-refractivity contribution < 1.29 is 4.39 Å². The number of benzene rings is 2. The molecule has 2 rings (SSSR count). The topological polar surface area (TPSA) is 60.2 Å². The van der Waals surface area contributed by atoms with Crippen molar-refractivity contribution in [1.82, 2.24) is 10.6 Å². The maximum atomic E-state index is 14.0. The van der Waals surface area contributed by atoms with Gasteiger partial charge in [0.1, 0.15) is 5.82 Å². The van der Waals surface area contributed by atoms with E-state index in [9.17, 15) is 4.39 Å². The number of nitrogens with one attached hydrogen (secondary N) is 2. The van der Waals surface area contributed by atoms with Gasteiger partial charge in [-0.1, -0.05) is 43.3 Å². The summed E-state index contributed by atoms with van der Waals surface area (Å²) in [6, 6.07) is 16.8. The number of nitriles is 1. The van der Waals surface area contributed by atoms with Gasteiger partial charge in [0.25, 0.3) is 0 Å². The van der Waals surface area contributed by atoms with Gasteiger partial charge in [-0.05, 0) is 24.6 Å². The standard InChI is InChI=1S/C20H23FN4.HI/c1-14(17-7-5-4-6-8-17)15(2)25-20(23-3)24-13-18-10-9-16(12-22)11-19(18)21;/h4-11,14-15H,13H2,1-3H3,(H2,23,24,25);1H. The molecule has 2 aromatic rings. The molecule has 0 aliphatic carbocycles. The lowest BCUT2D eigenvalue weighted by molar-refractivity contribution is 0.548. The molecule has 0 fully saturated rings. The van der Waals surface area contributed by atoms with E-state index in [1.165, 1.54) is 11.6 Å². The quantitative estimate of drug-likeness (QED) is 0.395. The average Bonchev–Trinajstić information content (AvgIpc) is 2.65. The molecule has 0 aliphatic heterocycles. The maximum absolute atomic E-state index is 14.0. The largest absolute Gasteiger partial charge is 0.353 e. The van der Waals surface area contributed by atoms with Crippen LogP contribution in [0.1, 0.15) is 36.5 Å². The molecule has 6 heteroatoms. The van der Waals surface area contributed by atoms with Crippen LogP contribution in [-0.4, -0.2) is 19.0 Å². The Morgan fingerprint density at radius 1 is 1.19 bits per heavy atom. The Balaban J connectivity index is 0.00000338. The zero-order valence-corrected chi connectivity index (χ0v) is 17.5. The number of guanidine groups is 1. The van der Waals surface area contributed by atoms with Gasteiger partial charge in [-0.2, -0.15) is 5.26 Å². The Morgan fingerprint density at radius 2 is 1.88 bits per heavy atom. The van der Waals surface area contributed by atoms with Crippen LogP contribution < -0.4 is 10.6 Å². The average molecular weight is 466 g/mol. The summed E-state index contributed by atoms with van der Waals surface area (Å²) in [5.74, 6) is 0.512. The Hall–Kier alpha value is -2.14. The van der Waals surface area contributed by atoms with Gasteiger partial charge in [-0.15, -0.1) is 24.0 Å². The van der Waals surface area contributed by atoms with Gasteiger partial charge in [0.15, 0.2) is 5.96 Å². The van der Waals surface area contributed by atoms with Gasteiger partial charge in [0.05, 0.1) is 11.6 Å². The third-order valence-corrected chi connectivity index (χ3v) is 4.29. The second-order valence-corrected chi connectivity index (χ2v) is 5.98. The molecule has 0 amide bonds. The molecule has 26 heavy (non-hydrogen) atoms. The van der Waals surface area contributed by atoms with Crippen molar-refractivity contribution in [2.24, 2.45) is 4.99 Å². The molecule has 0 saturated heterocycles. The van der Waals surface area contributed by atoms with Crippen LogP contribution in [0.5, 0.6) is 0 Å². The van der Waals surface area contributed by atoms with Crippen LogP contribution in [-0.2, 0) is 6.54 Å². The SMILES string of the molecule is CN=C(NCc1ccc(C#N)cc1F)NC(C)C(C)c1ccccc1.I. The van der Waals surface area contributed by atoms with Crippen LogP contribution in [0.4, 0.5) is 4.39 Å². The third-order valence-electron chi connectivity index (χ3n) is 4.29. The van der Waals surface area contributed by atoms with Gasteiger partial charge in [-0.3, -0.25) is 4.99 Å². The minimum atomic E-state index is -0.396. The summed E-state index contributed by atoms with van der Waals surface area (Å²) in [5.41, 5.74) is 2.05. The molecule has 138 valence electrons. The summed E-state index contributed by atoms with van der Waals surface area (Å²) in [6.07, 6.45) is 0. The highest BCUT2D eigenvalue weighted by atomic mass is 127. The van der Waals surface area contributed by atoms with Gasteiger partial charge in [0.2, 0.25) is 0 Å². The molecular formula is C20H24FIN4. The highest BCUT2D eigenvalue weighted by Gasteiger charge is 2.15. The first-order chi connectivity index (χ1) is 12.0. The highest BCUT2D eigenvalue weighted by Crippen LogP contribution is 2.18. The van der Waals surface area contributed by atoms with Gasteiger partial charge >= 0.3 is 0 Å². The summed E-state index contributed by atoms with van der Waals surface area (Å²) >= 11 is 0. The van der Waals surface area contributed by atoms with Crippen molar-refractivity contribution in [2.75, 3.05) is 7.05 Å². The first-order valence-electron chi connectivity index (χ1n) is 8.25. The molecule has 0 radical (unpaired) electrons. The third kappa shape index (κ3) is 5.99. The number of nitrogens with zero attached hydrogens (tertiary/aromatic N) is 2.